The van der Waals surface area contributed by atoms with E-state index < -0.39 is 23.6 Å². The second kappa shape index (κ2) is 4.20. The van der Waals surface area contributed by atoms with E-state index in [1.165, 1.54) is 0 Å². The standard InChI is InChI=1S/C8H5BrF3NO3/c9-4-2-6(16-8(10,11)12)3(7(14)15)1-5(4)13/h1-2H,13H2,(H,14,15). The number of carboxylic acids is 1. The number of ether oxygens (including phenoxy) is 1. The zero-order chi connectivity index (χ0) is 12.5. The summed E-state index contributed by atoms with van der Waals surface area (Å²) in [4.78, 5) is 10.7. The van der Waals surface area contributed by atoms with Gasteiger partial charge in [-0.3, -0.25) is 0 Å². The average molecular weight is 300 g/mol. The van der Waals surface area contributed by atoms with Crippen LogP contribution in [-0.2, 0) is 0 Å². The van der Waals surface area contributed by atoms with Crippen molar-refractivity contribution in [1.82, 2.24) is 0 Å². The highest BCUT2D eigenvalue weighted by atomic mass is 79.9. The molecule has 4 nitrogen and oxygen atoms in total. The molecule has 0 unspecified atom stereocenters. The van der Waals surface area contributed by atoms with Crippen molar-refractivity contribution in [2.75, 3.05) is 5.73 Å². The summed E-state index contributed by atoms with van der Waals surface area (Å²) in [6.45, 7) is 0. The van der Waals surface area contributed by atoms with Crippen molar-refractivity contribution in [3.8, 4) is 5.75 Å². The van der Waals surface area contributed by atoms with Crippen molar-refractivity contribution < 1.29 is 27.8 Å². The Morgan fingerprint density at radius 1 is 1.44 bits per heavy atom. The molecular formula is C8H5BrF3NO3. The number of halogens is 4. The van der Waals surface area contributed by atoms with E-state index in [0.29, 0.717) is 0 Å². The van der Waals surface area contributed by atoms with Gasteiger partial charge in [0.25, 0.3) is 0 Å². The summed E-state index contributed by atoms with van der Waals surface area (Å²) in [7, 11) is 0. The molecule has 0 amide bonds. The fourth-order valence-electron chi connectivity index (χ4n) is 0.948. The lowest BCUT2D eigenvalue weighted by Gasteiger charge is -2.12. The summed E-state index contributed by atoms with van der Waals surface area (Å²) < 4.78 is 39.6. The first-order valence-corrected chi connectivity index (χ1v) is 4.58. The van der Waals surface area contributed by atoms with Crippen LogP contribution < -0.4 is 10.5 Å². The predicted octanol–water partition coefficient (Wildman–Crippen LogP) is 2.63. The molecule has 16 heavy (non-hydrogen) atoms. The number of benzene rings is 1. The maximum absolute atomic E-state index is 12.0. The van der Waals surface area contributed by atoms with Crippen molar-refractivity contribution in [2.45, 2.75) is 6.36 Å². The van der Waals surface area contributed by atoms with E-state index in [-0.39, 0.29) is 10.2 Å². The van der Waals surface area contributed by atoms with Gasteiger partial charge in [-0.1, -0.05) is 0 Å². The number of nitrogens with two attached hydrogens (primary N) is 1. The minimum absolute atomic E-state index is 0.00641. The maximum Gasteiger partial charge on any atom is 0.573 e. The van der Waals surface area contributed by atoms with Crippen molar-refractivity contribution in [1.29, 1.82) is 0 Å². The molecule has 0 aliphatic heterocycles. The number of hydrogen-bond acceptors (Lipinski definition) is 3. The van der Waals surface area contributed by atoms with E-state index in [1.807, 2.05) is 0 Å². The number of alkyl halides is 3. The molecule has 3 N–H and O–H groups in total. The molecule has 0 bridgehead atoms. The molecule has 88 valence electrons. The fourth-order valence-corrected chi connectivity index (χ4v) is 1.27. The normalized spacial score (nSPS) is 11.2. The van der Waals surface area contributed by atoms with Crippen molar-refractivity contribution in [3.05, 3.63) is 22.2 Å². The second-order valence-electron chi connectivity index (χ2n) is 2.72. The van der Waals surface area contributed by atoms with Crippen LogP contribution in [0.5, 0.6) is 5.75 Å². The molecule has 0 heterocycles. The van der Waals surface area contributed by atoms with E-state index in [4.69, 9.17) is 10.8 Å². The van der Waals surface area contributed by atoms with Gasteiger partial charge in [-0.25, -0.2) is 4.79 Å². The van der Waals surface area contributed by atoms with Crippen molar-refractivity contribution in [3.63, 3.8) is 0 Å². The Labute approximate surface area is 95.9 Å². The molecule has 8 heteroatoms. The summed E-state index contributed by atoms with van der Waals surface area (Å²) >= 11 is 2.87. The SMILES string of the molecule is Nc1cc(C(=O)O)c(OC(F)(F)F)cc1Br. The number of carboxylic acid groups (broad SMARTS) is 1. The lowest BCUT2D eigenvalue weighted by Crippen LogP contribution is -2.19. The zero-order valence-electron chi connectivity index (χ0n) is 7.51. The van der Waals surface area contributed by atoms with Crippen LogP contribution in [0.4, 0.5) is 18.9 Å². The maximum atomic E-state index is 12.0. The molecule has 0 atom stereocenters. The predicted molar refractivity (Wildman–Crippen MR) is 52.2 cm³/mol. The summed E-state index contributed by atoms with van der Waals surface area (Å²) in [6.07, 6.45) is -4.96. The first-order valence-electron chi connectivity index (χ1n) is 3.79. The molecule has 0 aliphatic carbocycles. The largest absolute Gasteiger partial charge is 0.573 e. The van der Waals surface area contributed by atoms with Gasteiger partial charge in [0.1, 0.15) is 11.3 Å². The van der Waals surface area contributed by atoms with Crippen LogP contribution >= 0.6 is 15.9 Å². The van der Waals surface area contributed by atoms with Crippen LogP contribution in [0.15, 0.2) is 16.6 Å². The van der Waals surface area contributed by atoms with Gasteiger partial charge in [0.15, 0.2) is 0 Å². The quantitative estimate of drug-likeness (QED) is 0.824. The Morgan fingerprint density at radius 3 is 2.44 bits per heavy atom. The Hall–Kier alpha value is -1.44. The summed E-state index contributed by atoms with van der Waals surface area (Å²) in [5, 5.41) is 8.66. The molecule has 1 rings (SSSR count). The summed E-state index contributed by atoms with van der Waals surface area (Å²) in [5.74, 6) is -2.38. The molecule has 0 saturated heterocycles. The molecule has 0 aromatic heterocycles. The molecule has 1 aromatic carbocycles. The van der Waals surface area contributed by atoms with Crippen molar-refractivity contribution in [2.24, 2.45) is 0 Å². The monoisotopic (exact) mass is 299 g/mol. The third kappa shape index (κ3) is 3.02. The minimum Gasteiger partial charge on any atom is -0.478 e. The Morgan fingerprint density at radius 2 is 2.00 bits per heavy atom. The lowest BCUT2D eigenvalue weighted by molar-refractivity contribution is -0.274. The Balaban J connectivity index is 3.25. The highest BCUT2D eigenvalue weighted by Gasteiger charge is 2.33. The summed E-state index contributed by atoms with van der Waals surface area (Å²) in [5.41, 5.74) is 4.70. The van der Waals surface area contributed by atoms with Crippen LogP contribution in [0, 0.1) is 0 Å². The molecular weight excluding hydrogens is 295 g/mol. The fraction of sp³-hybridized carbons (Fsp3) is 0.125. The van der Waals surface area contributed by atoms with Crippen LogP contribution in [0.1, 0.15) is 10.4 Å². The Bertz CT molecular complexity index is 433. The number of anilines is 1. The number of nitrogen functional groups attached to an aromatic ring is 1. The van der Waals surface area contributed by atoms with Crippen LogP contribution in [0.3, 0.4) is 0 Å². The van der Waals surface area contributed by atoms with Gasteiger partial charge in [0.05, 0.1) is 0 Å². The molecule has 0 aliphatic rings. The second-order valence-corrected chi connectivity index (χ2v) is 3.58. The zero-order valence-corrected chi connectivity index (χ0v) is 9.09. The van der Waals surface area contributed by atoms with Crippen molar-refractivity contribution >= 4 is 27.6 Å². The van der Waals surface area contributed by atoms with Crippen LogP contribution in [0.25, 0.3) is 0 Å². The first kappa shape index (κ1) is 12.6. The first-order chi connectivity index (χ1) is 7.20. The third-order valence-electron chi connectivity index (χ3n) is 1.55. The highest BCUT2D eigenvalue weighted by Crippen LogP contribution is 2.32. The van der Waals surface area contributed by atoms with Crippen LogP contribution in [0.2, 0.25) is 0 Å². The molecule has 0 radical (unpaired) electrons. The Kier molecular flexibility index (Phi) is 3.32. The number of carbonyl (C=O) groups is 1. The highest BCUT2D eigenvalue weighted by molar-refractivity contribution is 9.10. The van der Waals surface area contributed by atoms with E-state index in [9.17, 15) is 18.0 Å². The average Bonchev–Trinajstić information content (AvgIpc) is 2.07. The number of aromatic carboxylic acids is 1. The van der Waals surface area contributed by atoms with Gasteiger partial charge in [0.2, 0.25) is 0 Å². The van der Waals surface area contributed by atoms with Gasteiger partial charge < -0.3 is 15.6 Å². The molecule has 0 saturated carbocycles. The molecule has 1 aromatic rings. The molecule has 0 spiro atoms. The third-order valence-corrected chi connectivity index (χ3v) is 2.24. The smallest absolute Gasteiger partial charge is 0.478 e. The van der Waals surface area contributed by atoms with Gasteiger partial charge in [-0.05, 0) is 28.1 Å². The number of rotatable bonds is 2. The van der Waals surface area contributed by atoms with Gasteiger partial charge in [0, 0.05) is 10.2 Å². The van der Waals surface area contributed by atoms with E-state index in [1.54, 1.807) is 0 Å². The number of hydrogen-bond donors (Lipinski definition) is 2. The van der Waals surface area contributed by atoms with Gasteiger partial charge in [-0.2, -0.15) is 0 Å². The van der Waals surface area contributed by atoms with E-state index in [0.717, 1.165) is 12.1 Å². The summed E-state index contributed by atoms with van der Waals surface area (Å²) in [6, 6.07) is 1.74. The van der Waals surface area contributed by atoms with Gasteiger partial charge in [-0.15, -0.1) is 13.2 Å². The van der Waals surface area contributed by atoms with E-state index in [2.05, 4.69) is 20.7 Å². The lowest BCUT2D eigenvalue weighted by atomic mass is 10.2. The molecule has 0 fully saturated rings. The van der Waals surface area contributed by atoms with Crippen LogP contribution in [-0.4, -0.2) is 17.4 Å². The minimum atomic E-state index is -4.96. The van der Waals surface area contributed by atoms with E-state index >= 15 is 0 Å². The van der Waals surface area contributed by atoms with Gasteiger partial charge >= 0.3 is 12.3 Å². The topological polar surface area (TPSA) is 72.6 Å².